The van der Waals surface area contributed by atoms with Gasteiger partial charge in [0.25, 0.3) is 0 Å². The SMILES string of the molecule is CC.CCOC(=O)c1cn(Cc2ccc3ncc(Cl)cc3c2)nc1OC. The van der Waals surface area contributed by atoms with Gasteiger partial charge in [-0.1, -0.05) is 31.5 Å². The number of esters is 1. The summed E-state index contributed by atoms with van der Waals surface area (Å²) in [5, 5.41) is 5.81. The number of halogens is 1. The lowest BCUT2D eigenvalue weighted by molar-refractivity contribution is 0.0522. The molecule has 0 aliphatic rings. The number of carbonyl (C=O) groups excluding carboxylic acids is 1. The normalized spacial score (nSPS) is 10.2. The molecule has 26 heavy (non-hydrogen) atoms. The molecule has 0 bridgehead atoms. The second-order valence-electron chi connectivity index (χ2n) is 5.15. The summed E-state index contributed by atoms with van der Waals surface area (Å²) in [6.45, 7) is 6.53. The number of pyridine rings is 1. The molecule has 0 aliphatic carbocycles. The van der Waals surface area contributed by atoms with Crippen molar-refractivity contribution in [3.8, 4) is 5.88 Å². The predicted molar refractivity (Wildman–Crippen MR) is 102 cm³/mol. The lowest BCUT2D eigenvalue weighted by Gasteiger charge is -2.04. The third kappa shape index (κ3) is 4.52. The Kier molecular flexibility index (Phi) is 6.97. The van der Waals surface area contributed by atoms with Gasteiger partial charge < -0.3 is 9.47 Å². The number of rotatable bonds is 5. The highest BCUT2D eigenvalue weighted by atomic mass is 35.5. The first-order valence-electron chi connectivity index (χ1n) is 8.43. The van der Waals surface area contributed by atoms with Crippen LogP contribution in [-0.2, 0) is 11.3 Å². The summed E-state index contributed by atoms with van der Waals surface area (Å²) >= 11 is 5.99. The maximum absolute atomic E-state index is 11.9. The van der Waals surface area contributed by atoms with Gasteiger partial charge in [-0.3, -0.25) is 9.67 Å². The Morgan fingerprint density at radius 2 is 2.04 bits per heavy atom. The van der Waals surface area contributed by atoms with Crippen molar-refractivity contribution in [2.75, 3.05) is 13.7 Å². The Morgan fingerprint density at radius 3 is 2.73 bits per heavy atom. The molecule has 1 aromatic carbocycles. The van der Waals surface area contributed by atoms with Gasteiger partial charge in [0.1, 0.15) is 5.56 Å². The molecule has 2 aromatic heterocycles. The van der Waals surface area contributed by atoms with E-state index in [2.05, 4.69) is 10.1 Å². The summed E-state index contributed by atoms with van der Waals surface area (Å²) in [5.41, 5.74) is 2.19. The molecule has 0 spiro atoms. The molecule has 0 fully saturated rings. The number of hydrogen-bond acceptors (Lipinski definition) is 5. The molecule has 7 heteroatoms. The molecule has 0 amide bonds. The molecular weight excluding hydrogens is 354 g/mol. The number of hydrogen-bond donors (Lipinski definition) is 0. The number of aromatic nitrogens is 3. The van der Waals surface area contributed by atoms with E-state index in [1.165, 1.54) is 7.11 Å². The first-order chi connectivity index (χ1) is 12.6. The van der Waals surface area contributed by atoms with Gasteiger partial charge in [-0.05, 0) is 30.7 Å². The van der Waals surface area contributed by atoms with Crippen LogP contribution < -0.4 is 4.74 Å². The zero-order valence-electron chi connectivity index (χ0n) is 15.3. The second-order valence-corrected chi connectivity index (χ2v) is 5.59. The third-order valence-corrected chi connectivity index (χ3v) is 3.68. The molecule has 3 aromatic rings. The van der Waals surface area contributed by atoms with Crippen LogP contribution in [-0.4, -0.2) is 34.5 Å². The van der Waals surface area contributed by atoms with E-state index in [1.807, 2.05) is 38.1 Å². The highest BCUT2D eigenvalue weighted by Crippen LogP contribution is 2.21. The van der Waals surface area contributed by atoms with Gasteiger partial charge >= 0.3 is 5.97 Å². The molecule has 0 atom stereocenters. The van der Waals surface area contributed by atoms with Gasteiger partial charge in [0, 0.05) is 17.8 Å². The van der Waals surface area contributed by atoms with E-state index in [9.17, 15) is 4.79 Å². The van der Waals surface area contributed by atoms with Crippen LogP contribution in [0.1, 0.15) is 36.7 Å². The number of ether oxygens (including phenoxy) is 2. The van der Waals surface area contributed by atoms with Gasteiger partial charge in [0.15, 0.2) is 0 Å². The van der Waals surface area contributed by atoms with Crippen molar-refractivity contribution < 1.29 is 14.3 Å². The summed E-state index contributed by atoms with van der Waals surface area (Å²) in [4.78, 5) is 16.2. The largest absolute Gasteiger partial charge is 0.479 e. The Bertz CT molecular complexity index is 893. The first-order valence-corrected chi connectivity index (χ1v) is 8.81. The molecule has 3 rings (SSSR count). The fraction of sp³-hybridized carbons (Fsp3) is 0.316. The molecule has 2 heterocycles. The number of carbonyl (C=O) groups is 1. The van der Waals surface area contributed by atoms with Gasteiger partial charge in [-0.15, -0.1) is 5.10 Å². The average molecular weight is 376 g/mol. The molecule has 138 valence electrons. The van der Waals surface area contributed by atoms with Crippen molar-refractivity contribution in [3.63, 3.8) is 0 Å². The molecule has 0 N–H and O–H groups in total. The molecule has 0 unspecified atom stereocenters. The minimum atomic E-state index is -0.449. The fourth-order valence-corrected chi connectivity index (χ4v) is 2.59. The van der Waals surface area contributed by atoms with E-state index in [0.29, 0.717) is 23.7 Å². The summed E-state index contributed by atoms with van der Waals surface area (Å²) in [6, 6.07) is 7.74. The molecule has 0 aliphatic heterocycles. The Hall–Kier alpha value is -2.60. The molecule has 0 saturated heterocycles. The highest BCUT2D eigenvalue weighted by Gasteiger charge is 2.18. The van der Waals surface area contributed by atoms with Gasteiger partial charge in [-0.25, -0.2) is 4.79 Å². The van der Waals surface area contributed by atoms with Crippen molar-refractivity contribution in [1.29, 1.82) is 0 Å². The Balaban J connectivity index is 0.00000117. The zero-order valence-corrected chi connectivity index (χ0v) is 16.1. The monoisotopic (exact) mass is 375 g/mol. The average Bonchev–Trinajstić information content (AvgIpc) is 3.06. The van der Waals surface area contributed by atoms with E-state index < -0.39 is 5.97 Å². The van der Waals surface area contributed by atoms with Crippen molar-refractivity contribution in [2.24, 2.45) is 0 Å². The fourth-order valence-electron chi connectivity index (χ4n) is 2.42. The summed E-state index contributed by atoms with van der Waals surface area (Å²) in [7, 11) is 1.47. The lowest BCUT2D eigenvalue weighted by Crippen LogP contribution is -2.05. The molecular formula is C19H22ClN3O3. The van der Waals surface area contributed by atoms with E-state index >= 15 is 0 Å². The van der Waals surface area contributed by atoms with Crippen molar-refractivity contribution >= 4 is 28.5 Å². The van der Waals surface area contributed by atoms with Crippen LogP contribution in [0.15, 0.2) is 36.7 Å². The van der Waals surface area contributed by atoms with Crippen LogP contribution in [0.4, 0.5) is 0 Å². The Labute approximate surface area is 157 Å². The molecule has 0 radical (unpaired) electrons. The third-order valence-electron chi connectivity index (χ3n) is 3.47. The number of fused-ring (bicyclic) bond motifs is 1. The van der Waals surface area contributed by atoms with E-state index in [-0.39, 0.29) is 5.88 Å². The van der Waals surface area contributed by atoms with Crippen LogP contribution >= 0.6 is 11.6 Å². The van der Waals surface area contributed by atoms with Crippen LogP contribution in [0.5, 0.6) is 5.88 Å². The predicted octanol–water partition coefficient (Wildman–Crippen LogP) is 4.34. The summed E-state index contributed by atoms with van der Waals surface area (Å²) < 4.78 is 11.8. The van der Waals surface area contributed by atoms with Crippen molar-refractivity contribution in [2.45, 2.75) is 27.3 Å². The zero-order chi connectivity index (χ0) is 19.1. The maximum Gasteiger partial charge on any atom is 0.345 e. The highest BCUT2D eigenvalue weighted by molar-refractivity contribution is 6.31. The Morgan fingerprint density at radius 1 is 1.27 bits per heavy atom. The van der Waals surface area contributed by atoms with E-state index in [4.69, 9.17) is 21.1 Å². The van der Waals surface area contributed by atoms with Gasteiger partial charge in [0.2, 0.25) is 5.88 Å². The minimum Gasteiger partial charge on any atom is -0.479 e. The van der Waals surface area contributed by atoms with Crippen LogP contribution in [0, 0.1) is 0 Å². The maximum atomic E-state index is 11.9. The molecule has 6 nitrogen and oxygen atoms in total. The smallest absolute Gasteiger partial charge is 0.345 e. The summed E-state index contributed by atoms with van der Waals surface area (Å²) in [5.74, 6) is -0.200. The van der Waals surface area contributed by atoms with Crippen LogP contribution in [0.2, 0.25) is 5.02 Å². The minimum absolute atomic E-state index is 0.249. The van der Waals surface area contributed by atoms with Crippen molar-refractivity contribution in [3.05, 3.63) is 52.8 Å². The molecule has 0 saturated carbocycles. The quantitative estimate of drug-likeness (QED) is 0.620. The van der Waals surface area contributed by atoms with Crippen molar-refractivity contribution in [1.82, 2.24) is 14.8 Å². The van der Waals surface area contributed by atoms with E-state index in [0.717, 1.165) is 16.5 Å². The standard InChI is InChI=1S/C17H16ClN3O3.C2H6/c1-3-24-17(22)14-10-21(20-16(14)23-2)9-11-4-5-15-12(6-11)7-13(18)8-19-15;1-2/h4-8,10H,3,9H2,1-2H3;1-2H3. The lowest BCUT2D eigenvalue weighted by atomic mass is 10.1. The topological polar surface area (TPSA) is 66.2 Å². The van der Waals surface area contributed by atoms with Crippen LogP contribution in [0.25, 0.3) is 10.9 Å². The van der Waals surface area contributed by atoms with E-state index in [1.54, 1.807) is 24.0 Å². The number of methoxy groups -OCH3 is 1. The second kappa shape index (κ2) is 9.20. The summed E-state index contributed by atoms with van der Waals surface area (Å²) in [6.07, 6.45) is 3.24. The van der Waals surface area contributed by atoms with Crippen LogP contribution in [0.3, 0.4) is 0 Å². The number of nitrogens with zero attached hydrogens (tertiary/aromatic N) is 3. The first kappa shape index (κ1) is 19.7. The van der Waals surface area contributed by atoms with Gasteiger partial charge in [0.05, 0.1) is 30.8 Å². The van der Waals surface area contributed by atoms with Gasteiger partial charge in [-0.2, -0.15) is 0 Å². The number of benzene rings is 1.